The highest BCUT2D eigenvalue weighted by molar-refractivity contribution is 9.09. The molecule has 2 heterocycles. The Hall–Kier alpha value is -0.290. The van der Waals surface area contributed by atoms with Crippen molar-refractivity contribution in [2.24, 2.45) is 17.8 Å². The van der Waals surface area contributed by atoms with Gasteiger partial charge in [0.05, 0.1) is 6.10 Å². The van der Waals surface area contributed by atoms with E-state index in [4.69, 9.17) is 9.47 Å². The standard InChI is InChI=1S/C17H28BrNO3/c1-17(2,3)22-16(20)19-9-11-7-8-21-14-6-4-5-13(18)15(14)12(11)10-19/h11-15H,4-10H2,1-3H3. The van der Waals surface area contributed by atoms with Crippen LogP contribution in [0.1, 0.15) is 46.5 Å². The van der Waals surface area contributed by atoms with E-state index >= 15 is 0 Å². The Kier molecular flexibility index (Phi) is 4.75. The number of carbonyl (C=O) groups excluding carboxylic acids is 1. The largest absolute Gasteiger partial charge is 0.444 e. The molecule has 5 unspecified atom stereocenters. The Morgan fingerprint density at radius 2 is 2.00 bits per heavy atom. The van der Waals surface area contributed by atoms with Crippen molar-refractivity contribution in [2.45, 2.75) is 63.0 Å². The van der Waals surface area contributed by atoms with Crippen molar-refractivity contribution < 1.29 is 14.3 Å². The summed E-state index contributed by atoms with van der Waals surface area (Å²) < 4.78 is 11.7. The highest BCUT2D eigenvalue weighted by atomic mass is 79.9. The first-order chi connectivity index (χ1) is 10.3. The van der Waals surface area contributed by atoms with Gasteiger partial charge in [0.2, 0.25) is 0 Å². The predicted octanol–water partition coefficient (Wildman–Crippen LogP) is 3.82. The van der Waals surface area contributed by atoms with Gasteiger partial charge in [-0.15, -0.1) is 0 Å². The molecule has 22 heavy (non-hydrogen) atoms. The molecule has 0 aromatic rings. The average molecular weight is 374 g/mol. The van der Waals surface area contributed by atoms with E-state index in [-0.39, 0.29) is 6.09 Å². The fraction of sp³-hybridized carbons (Fsp3) is 0.941. The van der Waals surface area contributed by atoms with Gasteiger partial charge in [-0.3, -0.25) is 0 Å². The molecule has 1 saturated carbocycles. The number of alkyl halides is 1. The number of hydrogen-bond acceptors (Lipinski definition) is 3. The van der Waals surface area contributed by atoms with Crippen LogP contribution in [-0.2, 0) is 9.47 Å². The van der Waals surface area contributed by atoms with Crippen molar-refractivity contribution in [1.82, 2.24) is 4.90 Å². The number of rotatable bonds is 0. The van der Waals surface area contributed by atoms with Crippen LogP contribution >= 0.6 is 15.9 Å². The van der Waals surface area contributed by atoms with Gasteiger partial charge in [-0.2, -0.15) is 0 Å². The predicted molar refractivity (Wildman–Crippen MR) is 89.2 cm³/mol. The van der Waals surface area contributed by atoms with Crippen LogP contribution in [0.15, 0.2) is 0 Å². The summed E-state index contributed by atoms with van der Waals surface area (Å²) in [4.78, 5) is 14.8. The lowest BCUT2D eigenvalue weighted by molar-refractivity contribution is -0.0106. The summed E-state index contributed by atoms with van der Waals surface area (Å²) in [7, 11) is 0. The summed E-state index contributed by atoms with van der Waals surface area (Å²) in [5.41, 5.74) is -0.420. The van der Waals surface area contributed by atoms with Crippen LogP contribution < -0.4 is 0 Å². The molecule has 0 aromatic carbocycles. The molecule has 1 amide bonds. The number of amides is 1. The second-order valence-corrected chi connectivity index (χ2v) is 9.21. The molecule has 3 fully saturated rings. The van der Waals surface area contributed by atoms with Gasteiger partial charge in [-0.1, -0.05) is 15.9 Å². The Balaban J connectivity index is 1.72. The highest BCUT2D eigenvalue weighted by Crippen LogP contribution is 2.45. The number of carbonyl (C=O) groups is 1. The van der Waals surface area contributed by atoms with Gasteiger partial charge >= 0.3 is 6.09 Å². The van der Waals surface area contributed by atoms with Crippen molar-refractivity contribution in [1.29, 1.82) is 0 Å². The van der Waals surface area contributed by atoms with Gasteiger partial charge in [0, 0.05) is 30.4 Å². The molecule has 1 aliphatic carbocycles. The van der Waals surface area contributed by atoms with Crippen LogP contribution in [0.25, 0.3) is 0 Å². The van der Waals surface area contributed by atoms with E-state index in [9.17, 15) is 4.79 Å². The van der Waals surface area contributed by atoms with Crippen LogP contribution in [0.3, 0.4) is 0 Å². The maximum absolute atomic E-state index is 12.4. The molecule has 3 aliphatic rings. The Morgan fingerprint density at radius 1 is 1.23 bits per heavy atom. The molecule has 2 aliphatic heterocycles. The molecule has 126 valence electrons. The van der Waals surface area contributed by atoms with Crippen LogP contribution in [-0.4, -0.2) is 47.2 Å². The monoisotopic (exact) mass is 373 g/mol. The second-order valence-electron chi connectivity index (χ2n) is 8.03. The van der Waals surface area contributed by atoms with Gasteiger partial charge in [0.15, 0.2) is 0 Å². The molecule has 2 saturated heterocycles. The summed E-state index contributed by atoms with van der Waals surface area (Å²) in [6.07, 6.45) is 4.91. The number of fused-ring (bicyclic) bond motifs is 3. The van der Waals surface area contributed by atoms with E-state index in [1.807, 2.05) is 25.7 Å². The van der Waals surface area contributed by atoms with Gasteiger partial charge in [0.25, 0.3) is 0 Å². The lowest BCUT2D eigenvalue weighted by Gasteiger charge is -2.38. The van der Waals surface area contributed by atoms with Crippen LogP contribution in [0.2, 0.25) is 0 Å². The maximum atomic E-state index is 12.4. The number of likely N-dealkylation sites (tertiary alicyclic amines) is 1. The Labute approximate surface area is 142 Å². The molecule has 0 aromatic heterocycles. The zero-order chi connectivity index (χ0) is 15.9. The minimum atomic E-state index is -0.420. The molecule has 0 bridgehead atoms. The molecule has 3 rings (SSSR count). The quantitative estimate of drug-likeness (QED) is 0.605. The van der Waals surface area contributed by atoms with Crippen molar-refractivity contribution >= 4 is 22.0 Å². The van der Waals surface area contributed by atoms with Gasteiger partial charge in [-0.05, 0) is 58.3 Å². The number of nitrogens with zero attached hydrogens (tertiary/aromatic N) is 1. The summed E-state index contributed by atoms with van der Waals surface area (Å²) in [6, 6.07) is 0. The first kappa shape index (κ1) is 16.6. The summed E-state index contributed by atoms with van der Waals surface area (Å²) >= 11 is 3.89. The minimum absolute atomic E-state index is 0.153. The van der Waals surface area contributed by atoms with Crippen molar-refractivity contribution in [2.75, 3.05) is 19.7 Å². The highest BCUT2D eigenvalue weighted by Gasteiger charge is 2.48. The zero-order valence-corrected chi connectivity index (χ0v) is 15.5. The van der Waals surface area contributed by atoms with E-state index in [0.29, 0.717) is 28.7 Å². The molecular weight excluding hydrogens is 346 g/mol. The maximum Gasteiger partial charge on any atom is 0.410 e. The third-order valence-corrected chi connectivity index (χ3v) is 6.34. The summed E-state index contributed by atoms with van der Waals surface area (Å²) in [5, 5.41) is 0. The van der Waals surface area contributed by atoms with E-state index in [1.165, 1.54) is 19.3 Å². The van der Waals surface area contributed by atoms with E-state index in [2.05, 4.69) is 15.9 Å². The van der Waals surface area contributed by atoms with Crippen molar-refractivity contribution in [3.8, 4) is 0 Å². The Morgan fingerprint density at radius 3 is 2.73 bits per heavy atom. The lowest BCUT2D eigenvalue weighted by Crippen LogP contribution is -2.41. The van der Waals surface area contributed by atoms with E-state index in [0.717, 1.165) is 26.1 Å². The molecule has 0 N–H and O–H groups in total. The van der Waals surface area contributed by atoms with Gasteiger partial charge in [-0.25, -0.2) is 4.79 Å². The third kappa shape index (κ3) is 3.45. The van der Waals surface area contributed by atoms with E-state index in [1.54, 1.807) is 0 Å². The number of halogens is 1. The van der Waals surface area contributed by atoms with Gasteiger partial charge in [0.1, 0.15) is 5.60 Å². The molecule has 0 spiro atoms. The minimum Gasteiger partial charge on any atom is -0.444 e. The molecule has 5 atom stereocenters. The zero-order valence-electron chi connectivity index (χ0n) is 13.9. The fourth-order valence-electron chi connectivity index (χ4n) is 4.35. The van der Waals surface area contributed by atoms with Crippen molar-refractivity contribution in [3.05, 3.63) is 0 Å². The summed E-state index contributed by atoms with van der Waals surface area (Å²) in [5.74, 6) is 1.64. The third-order valence-electron chi connectivity index (χ3n) is 5.27. The van der Waals surface area contributed by atoms with Crippen LogP contribution in [0.4, 0.5) is 4.79 Å². The molecular formula is C17H28BrNO3. The number of hydrogen-bond donors (Lipinski definition) is 0. The first-order valence-electron chi connectivity index (χ1n) is 8.59. The molecule has 4 nitrogen and oxygen atoms in total. The average Bonchev–Trinajstić information content (AvgIpc) is 2.73. The van der Waals surface area contributed by atoms with Crippen LogP contribution in [0, 0.1) is 17.8 Å². The van der Waals surface area contributed by atoms with Crippen molar-refractivity contribution in [3.63, 3.8) is 0 Å². The van der Waals surface area contributed by atoms with E-state index < -0.39 is 5.60 Å². The summed E-state index contributed by atoms with van der Waals surface area (Å²) in [6.45, 7) is 8.28. The smallest absolute Gasteiger partial charge is 0.410 e. The fourth-order valence-corrected chi connectivity index (χ4v) is 5.41. The first-order valence-corrected chi connectivity index (χ1v) is 9.50. The number of ether oxygens (including phenoxy) is 2. The molecule has 0 radical (unpaired) electrons. The topological polar surface area (TPSA) is 38.8 Å². The lowest BCUT2D eigenvalue weighted by atomic mass is 9.74. The SMILES string of the molecule is CC(C)(C)OC(=O)N1CC2CCOC3CCCC(Br)C3C2C1. The molecule has 5 heteroatoms. The van der Waals surface area contributed by atoms with Gasteiger partial charge < -0.3 is 14.4 Å². The second kappa shape index (κ2) is 6.31. The normalized spacial score (nSPS) is 38.9. The Bertz CT molecular complexity index is 423. The van der Waals surface area contributed by atoms with Crippen LogP contribution in [0.5, 0.6) is 0 Å².